The van der Waals surface area contributed by atoms with E-state index in [-0.39, 0.29) is 11.6 Å². The van der Waals surface area contributed by atoms with Gasteiger partial charge in [0.1, 0.15) is 6.61 Å². The quantitative estimate of drug-likeness (QED) is 0.281. The van der Waals surface area contributed by atoms with Crippen LogP contribution >= 0.6 is 8.25 Å². The lowest BCUT2D eigenvalue weighted by atomic mass is 10.2. The molecule has 2 aromatic rings. The molecular formula is C22H30O4PSi+. The van der Waals surface area contributed by atoms with Gasteiger partial charge in [0, 0.05) is 4.57 Å². The van der Waals surface area contributed by atoms with E-state index in [9.17, 15) is 4.57 Å². The zero-order valence-electron chi connectivity index (χ0n) is 17.1. The molecule has 0 aliphatic carbocycles. The molecule has 0 amide bonds. The van der Waals surface area contributed by atoms with Crippen molar-refractivity contribution in [1.29, 1.82) is 0 Å². The molecule has 0 heterocycles. The highest BCUT2D eigenvalue weighted by molar-refractivity contribution is 7.32. The Morgan fingerprint density at radius 3 is 1.96 bits per heavy atom. The van der Waals surface area contributed by atoms with Gasteiger partial charge in [0.05, 0.1) is 6.61 Å². The van der Waals surface area contributed by atoms with Crippen molar-refractivity contribution in [2.45, 2.75) is 39.2 Å². The van der Waals surface area contributed by atoms with E-state index in [4.69, 9.17) is 13.8 Å². The minimum atomic E-state index is -2.54. The Hall–Kier alpha value is -1.62. The molecule has 0 saturated carbocycles. The molecule has 2 rings (SSSR count). The SMILES string of the molecule is C/C(=C\CCO[P+](=O)O)CO[Si](c1ccccc1)(c1ccccc1)C(C)(C)C. The Bertz CT molecular complexity index is 746. The van der Waals surface area contributed by atoms with E-state index >= 15 is 0 Å². The molecule has 1 atom stereocenters. The minimum absolute atomic E-state index is 0.0611. The zero-order chi connectivity index (χ0) is 20.6. The van der Waals surface area contributed by atoms with Gasteiger partial charge in [0.2, 0.25) is 0 Å². The van der Waals surface area contributed by atoms with Gasteiger partial charge in [-0.1, -0.05) is 93.1 Å². The van der Waals surface area contributed by atoms with Crippen molar-refractivity contribution in [2.24, 2.45) is 0 Å². The van der Waals surface area contributed by atoms with Gasteiger partial charge < -0.3 is 4.43 Å². The molecule has 0 aliphatic rings. The smallest absolute Gasteiger partial charge is 0.403 e. The molecule has 1 N–H and O–H groups in total. The van der Waals surface area contributed by atoms with Gasteiger partial charge in [-0.25, -0.2) is 0 Å². The highest BCUT2D eigenvalue weighted by atomic mass is 31.1. The van der Waals surface area contributed by atoms with Gasteiger partial charge in [-0.15, -0.1) is 9.42 Å². The maximum Gasteiger partial charge on any atom is 0.694 e. The van der Waals surface area contributed by atoms with E-state index in [0.29, 0.717) is 13.0 Å². The Labute approximate surface area is 170 Å². The second-order valence-electron chi connectivity index (χ2n) is 7.86. The van der Waals surface area contributed by atoms with Crippen LogP contribution in [0.4, 0.5) is 0 Å². The summed E-state index contributed by atoms with van der Waals surface area (Å²) in [5.41, 5.74) is 1.09. The van der Waals surface area contributed by atoms with Gasteiger partial charge in [-0.2, -0.15) is 0 Å². The molecule has 4 nitrogen and oxygen atoms in total. The van der Waals surface area contributed by atoms with Crippen LogP contribution in [0, 0.1) is 0 Å². The van der Waals surface area contributed by atoms with E-state index in [1.165, 1.54) is 10.4 Å². The first-order valence-corrected chi connectivity index (χ1v) is 12.5. The van der Waals surface area contributed by atoms with Crippen LogP contribution in [0.25, 0.3) is 0 Å². The molecule has 2 aromatic carbocycles. The molecule has 0 aliphatic heterocycles. The summed E-state index contributed by atoms with van der Waals surface area (Å²) in [6, 6.07) is 21.1. The van der Waals surface area contributed by atoms with Gasteiger partial charge in [-0.05, 0) is 28.8 Å². The van der Waals surface area contributed by atoms with Crippen LogP contribution < -0.4 is 10.4 Å². The molecule has 28 heavy (non-hydrogen) atoms. The Balaban J connectivity index is 2.34. The summed E-state index contributed by atoms with van der Waals surface area (Å²) in [4.78, 5) is 8.72. The molecule has 6 heteroatoms. The van der Waals surface area contributed by atoms with Crippen LogP contribution in [0.5, 0.6) is 0 Å². The third kappa shape index (κ3) is 5.69. The van der Waals surface area contributed by atoms with Gasteiger partial charge in [0.15, 0.2) is 0 Å². The third-order valence-electron chi connectivity index (χ3n) is 4.75. The van der Waals surface area contributed by atoms with Crippen LogP contribution in [-0.2, 0) is 13.5 Å². The fourth-order valence-electron chi connectivity index (χ4n) is 3.48. The fourth-order valence-corrected chi connectivity index (χ4v) is 8.34. The topological polar surface area (TPSA) is 55.8 Å². The Morgan fingerprint density at radius 1 is 1.04 bits per heavy atom. The van der Waals surface area contributed by atoms with E-state index in [0.717, 1.165) is 5.57 Å². The second kappa shape index (κ2) is 10.2. The normalized spacial score (nSPS) is 13.5. The number of hydrogen-bond donors (Lipinski definition) is 1. The molecule has 0 fully saturated rings. The summed E-state index contributed by atoms with van der Waals surface area (Å²) in [6.45, 7) is 9.52. The molecular weight excluding hydrogens is 387 g/mol. The summed E-state index contributed by atoms with van der Waals surface area (Å²) in [5, 5.41) is 2.44. The average Bonchev–Trinajstić information content (AvgIpc) is 2.66. The first kappa shape index (κ1) is 22.7. The van der Waals surface area contributed by atoms with Gasteiger partial charge in [-0.3, -0.25) is 0 Å². The van der Waals surface area contributed by atoms with Crippen molar-refractivity contribution in [2.75, 3.05) is 13.2 Å². The van der Waals surface area contributed by atoms with Crippen molar-refractivity contribution in [3.63, 3.8) is 0 Å². The number of hydrogen-bond acceptors (Lipinski definition) is 3. The van der Waals surface area contributed by atoms with E-state index in [1.54, 1.807) is 0 Å². The summed E-state index contributed by atoms with van der Waals surface area (Å²) in [7, 11) is -5.07. The fraction of sp³-hybridized carbons (Fsp3) is 0.364. The lowest BCUT2D eigenvalue weighted by Crippen LogP contribution is -2.66. The molecule has 0 radical (unpaired) electrons. The lowest BCUT2D eigenvalue weighted by Gasteiger charge is -2.43. The van der Waals surface area contributed by atoms with Gasteiger partial charge in [0.25, 0.3) is 8.32 Å². The Morgan fingerprint density at radius 2 is 1.54 bits per heavy atom. The predicted octanol–water partition coefficient (Wildman–Crippen LogP) is 4.57. The molecule has 0 bridgehead atoms. The third-order valence-corrected chi connectivity index (χ3v) is 10.1. The largest absolute Gasteiger partial charge is 0.694 e. The zero-order valence-corrected chi connectivity index (χ0v) is 19.0. The molecule has 0 spiro atoms. The van der Waals surface area contributed by atoms with E-state index in [1.807, 2.05) is 25.1 Å². The maximum atomic E-state index is 10.6. The number of benzene rings is 2. The van der Waals surface area contributed by atoms with Crippen molar-refractivity contribution < 1.29 is 18.4 Å². The van der Waals surface area contributed by atoms with E-state index < -0.39 is 16.6 Å². The molecule has 0 saturated heterocycles. The average molecular weight is 418 g/mol. The van der Waals surface area contributed by atoms with E-state index in [2.05, 4.69) is 69.3 Å². The Kier molecular flexibility index (Phi) is 8.29. The summed E-state index contributed by atoms with van der Waals surface area (Å²) < 4.78 is 22.2. The van der Waals surface area contributed by atoms with Crippen LogP contribution in [0.3, 0.4) is 0 Å². The molecule has 150 valence electrons. The molecule has 1 unspecified atom stereocenters. The minimum Gasteiger partial charge on any atom is -0.403 e. The summed E-state index contributed by atoms with van der Waals surface area (Å²) in [6.07, 6.45) is 2.59. The predicted molar refractivity (Wildman–Crippen MR) is 118 cm³/mol. The van der Waals surface area contributed by atoms with Crippen molar-refractivity contribution in [3.8, 4) is 0 Å². The first-order chi connectivity index (χ1) is 13.3. The number of rotatable bonds is 9. The summed E-state index contributed by atoms with van der Waals surface area (Å²) >= 11 is 0. The van der Waals surface area contributed by atoms with Crippen LogP contribution in [0.15, 0.2) is 72.3 Å². The van der Waals surface area contributed by atoms with Crippen molar-refractivity contribution >= 4 is 26.9 Å². The maximum absolute atomic E-state index is 10.6. The van der Waals surface area contributed by atoms with Crippen molar-refractivity contribution in [1.82, 2.24) is 0 Å². The molecule has 0 aromatic heterocycles. The van der Waals surface area contributed by atoms with Crippen LogP contribution in [-0.4, -0.2) is 26.4 Å². The van der Waals surface area contributed by atoms with Gasteiger partial charge >= 0.3 is 8.25 Å². The van der Waals surface area contributed by atoms with Crippen molar-refractivity contribution in [3.05, 3.63) is 72.3 Å². The first-order valence-electron chi connectivity index (χ1n) is 9.47. The standard InChI is InChI=1S/C22H29O4PSi/c1-19(12-11-17-25-27(23)24)18-26-28(22(2,3)4,20-13-7-5-8-14-20)21-15-9-6-10-16-21/h5-10,12-16H,11,17-18H2,1-4H3/p+1/b19-12+. The summed E-state index contributed by atoms with van der Waals surface area (Å²) in [5.74, 6) is 0. The highest BCUT2D eigenvalue weighted by Crippen LogP contribution is 2.37. The lowest BCUT2D eigenvalue weighted by molar-refractivity contribution is 0.286. The van der Waals surface area contributed by atoms with Crippen LogP contribution in [0.2, 0.25) is 5.04 Å². The monoisotopic (exact) mass is 417 g/mol. The highest BCUT2D eigenvalue weighted by Gasteiger charge is 2.50. The second-order valence-corrected chi connectivity index (χ2v) is 12.9. The van der Waals surface area contributed by atoms with Crippen LogP contribution in [0.1, 0.15) is 34.1 Å².